The van der Waals surface area contributed by atoms with Crippen LogP contribution in [0.2, 0.25) is 0 Å². The fourth-order valence-electron chi connectivity index (χ4n) is 5.84. The molecule has 0 radical (unpaired) electrons. The van der Waals surface area contributed by atoms with Gasteiger partial charge in [0.1, 0.15) is 17.3 Å². The average Bonchev–Trinajstić information content (AvgIpc) is 3.64. The standard InChI is InChI=1S/C33H31F3N6O4/c1-18-12-21(45-28-5-3-2-4-24(28)34)6-7-27(18)42-32(38)23(17-39-42)31(44)26-13-20-14-29(46-33(35)36)22(15-25(20)40-26)19-8-10-41(11-9-19)30(43)16-37/h2-7,12-15,17,19,33,40H,8-11,16,37-38H2,1H3. The fourth-order valence-corrected chi connectivity index (χ4v) is 5.84. The van der Waals surface area contributed by atoms with Crippen molar-refractivity contribution in [2.24, 2.45) is 5.73 Å². The van der Waals surface area contributed by atoms with Crippen molar-refractivity contribution >= 4 is 28.4 Å². The Morgan fingerprint density at radius 1 is 1.07 bits per heavy atom. The summed E-state index contributed by atoms with van der Waals surface area (Å²) in [5.74, 6) is -0.610. The van der Waals surface area contributed by atoms with Gasteiger partial charge in [-0.05, 0) is 85.3 Å². The van der Waals surface area contributed by atoms with Crippen LogP contribution in [-0.4, -0.2) is 57.6 Å². The SMILES string of the molecule is Cc1cc(Oc2ccccc2F)ccc1-n1ncc(C(=O)c2cc3cc(OC(F)F)c(C4CCN(C(=O)CN)CC4)cc3[nH]2)c1N. The Kier molecular flexibility index (Phi) is 8.41. The van der Waals surface area contributed by atoms with Crippen LogP contribution < -0.4 is 20.9 Å². The third-order valence-corrected chi connectivity index (χ3v) is 8.19. The number of anilines is 1. The minimum absolute atomic E-state index is 0.0225. The van der Waals surface area contributed by atoms with Gasteiger partial charge in [-0.15, -0.1) is 0 Å². The number of piperidine rings is 1. The largest absolute Gasteiger partial charge is 0.454 e. The number of halogens is 3. The molecule has 3 heterocycles. The van der Waals surface area contributed by atoms with Crippen LogP contribution in [0.15, 0.2) is 66.9 Å². The first-order valence-electron chi connectivity index (χ1n) is 14.6. The molecule has 3 aromatic carbocycles. The molecule has 0 spiro atoms. The number of likely N-dealkylation sites (tertiary alicyclic amines) is 1. The number of nitrogens with one attached hydrogen (secondary N) is 1. The van der Waals surface area contributed by atoms with Gasteiger partial charge in [0.15, 0.2) is 11.6 Å². The van der Waals surface area contributed by atoms with E-state index >= 15 is 0 Å². The van der Waals surface area contributed by atoms with Gasteiger partial charge in [-0.2, -0.15) is 13.9 Å². The van der Waals surface area contributed by atoms with E-state index in [1.165, 1.54) is 29.1 Å². The zero-order valence-electron chi connectivity index (χ0n) is 24.8. The molecule has 5 aromatic rings. The number of H-pyrrole nitrogens is 1. The van der Waals surface area contributed by atoms with E-state index in [-0.39, 0.29) is 46.9 Å². The summed E-state index contributed by atoms with van der Waals surface area (Å²) in [6.45, 7) is -0.418. The average molecular weight is 633 g/mol. The summed E-state index contributed by atoms with van der Waals surface area (Å²) in [7, 11) is 0. The van der Waals surface area contributed by atoms with Gasteiger partial charge in [-0.25, -0.2) is 9.07 Å². The molecular formula is C33H31F3N6O4. The van der Waals surface area contributed by atoms with E-state index in [1.807, 2.05) is 0 Å². The van der Waals surface area contributed by atoms with E-state index in [9.17, 15) is 22.8 Å². The molecule has 0 aliphatic carbocycles. The summed E-state index contributed by atoms with van der Waals surface area (Å²) < 4.78 is 52.8. The highest BCUT2D eigenvalue weighted by molar-refractivity contribution is 6.12. The number of hydrogen-bond donors (Lipinski definition) is 3. The second-order valence-corrected chi connectivity index (χ2v) is 11.1. The first-order chi connectivity index (χ1) is 22.1. The monoisotopic (exact) mass is 632 g/mol. The van der Waals surface area contributed by atoms with Gasteiger partial charge in [0, 0.05) is 24.0 Å². The summed E-state index contributed by atoms with van der Waals surface area (Å²) in [5, 5.41) is 4.84. The van der Waals surface area contributed by atoms with E-state index in [0.29, 0.717) is 59.4 Å². The molecule has 1 aliphatic heterocycles. The maximum Gasteiger partial charge on any atom is 0.387 e. The zero-order valence-corrected chi connectivity index (χ0v) is 24.8. The van der Waals surface area contributed by atoms with Crippen LogP contribution in [0, 0.1) is 12.7 Å². The molecule has 0 bridgehead atoms. The summed E-state index contributed by atoms with van der Waals surface area (Å²) in [6.07, 6.45) is 2.46. The maximum atomic E-state index is 14.0. The number of amides is 1. The minimum Gasteiger partial charge on any atom is -0.454 e. The molecule has 238 valence electrons. The van der Waals surface area contributed by atoms with Gasteiger partial charge in [0.2, 0.25) is 11.7 Å². The number of carbonyl (C=O) groups is 2. The molecule has 0 unspecified atom stereocenters. The predicted molar refractivity (Wildman–Crippen MR) is 165 cm³/mol. The van der Waals surface area contributed by atoms with Gasteiger partial charge in [-0.3, -0.25) is 9.59 Å². The molecule has 10 nitrogen and oxygen atoms in total. The topological polar surface area (TPSA) is 141 Å². The van der Waals surface area contributed by atoms with Crippen molar-refractivity contribution in [3.8, 4) is 22.9 Å². The number of fused-ring (bicyclic) bond motifs is 1. The van der Waals surface area contributed by atoms with Crippen LogP contribution in [0.3, 0.4) is 0 Å². The van der Waals surface area contributed by atoms with Crippen LogP contribution in [0.5, 0.6) is 17.2 Å². The van der Waals surface area contributed by atoms with Crippen molar-refractivity contribution in [2.45, 2.75) is 32.3 Å². The highest BCUT2D eigenvalue weighted by Crippen LogP contribution is 2.38. The van der Waals surface area contributed by atoms with Crippen LogP contribution in [-0.2, 0) is 4.79 Å². The molecule has 2 aromatic heterocycles. The van der Waals surface area contributed by atoms with E-state index in [4.69, 9.17) is 20.9 Å². The molecule has 1 saturated heterocycles. The van der Waals surface area contributed by atoms with Crippen molar-refractivity contribution in [1.82, 2.24) is 19.7 Å². The molecule has 1 amide bonds. The quantitative estimate of drug-likeness (QED) is 0.178. The Morgan fingerprint density at radius 3 is 2.52 bits per heavy atom. The van der Waals surface area contributed by atoms with Crippen LogP contribution >= 0.6 is 0 Å². The molecule has 0 atom stereocenters. The van der Waals surface area contributed by atoms with Crippen LogP contribution in [0.1, 0.15) is 45.9 Å². The number of nitrogens with zero attached hydrogens (tertiary/aromatic N) is 3. The number of hydrogen-bond acceptors (Lipinski definition) is 7. The lowest BCUT2D eigenvalue weighted by atomic mass is 9.88. The Bertz CT molecular complexity index is 1930. The lowest BCUT2D eigenvalue weighted by Crippen LogP contribution is -2.41. The second kappa shape index (κ2) is 12.6. The van der Waals surface area contributed by atoms with E-state index < -0.39 is 18.2 Å². The normalized spacial score (nSPS) is 13.8. The lowest BCUT2D eigenvalue weighted by Gasteiger charge is -2.32. The van der Waals surface area contributed by atoms with Crippen molar-refractivity contribution in [3.05, 3.63) is 95.1 Å². The molecular weight excluding hydrogens is 601 g/mol. The Balaban J connectivity index is 1.26. The molecule has 1 fully saturated rings. The van der Waals surface area contributed by atoms with E-state index in [1.54, 1.807) is 54.3 Å². The maximum absolute atomic E-state index is 14.0. The van der Waals surface area contributed by atoms with Gasteiger partial charge in [0.25, 0.3) is 0 Å². The molecule has 1 aliphatic rings. The predicted octanol–water partition coefficient (Wildman–Crippen LogP) is 5.67. The van der Waals surface area contributed by atoms with Crippen LogP contribution in [0.4, 0.5) is 19.0 Å². The molecule has 0 saturated carbocycles. The van der Waals surface area contributed by atoms with E-state index in [0.717, 1.165) is 0 Å². The third kappa shape index (κ3) is 6.01. The smallest absolute Gasteiger partial charge is 0.387 e. The molecule has 5 N–H and O–H groups in total. The number of para-hydroxylation sites is 1. The van der Waals surface area contributed by atoms with Crippen molar-refractivity contribution in [1.29, 1.82) is 0 Å². The number of ketones is 1. The number of nitrogens with two attached hydrogens (primary N) is 2. The number of benzene rings is 3. The van der Waals surface area contributed by atoms with Gasteiger partial charge >= 0.3 is 6.61 Å². The number of carbonyl (C=O) groups excluding carboxylic acids is 2. The number of aromatic amines is 1. The van der Waals surface area contributed by atoms with E-state index in [2.05, 4.69) is 10.1 Å². The summed E-state index contributed by atoms with van der Waals surface area (Å²) in [6, 6.07) is 15.9. The van der Waals surface area contributed by atoms with Crippen molar-refractivity contribution in [3.63, 3.8) is 0 Å². The molecule has 46 heavy (non-hydrogen) atoms. The van der Waals surface area contributed by atoms with Crippen molar-refractivity contribution < 1.29 is 32.2 Å². The first kappa shape index (κ1) is 30.7. The minimum atomic E-state index is -3.04. The highest BCUT2D eigenvalue weighted by atomic mass is 19.3. The molecule has 13 heteroatoms. The highest BCUT2D eigenvalue weighted by Gasteiger charge is 2.28. The zero-order chi connectivity index (χ0) is 32.5. The summed E-state index contributed by atoms with van der Waals surface area (Å²) in [4.78, 5) is 30.4. The summed E-state index contributed by atoms with van der Waals surface area (Å²) >= 11 is 0. The Hall–Kier alpha value is -5.30. The fraction of sp³-hybridized carbons (Fsp3) is 0.242. The Morgan fingerprint density at radius 2 is 1.83 bits per heavy atom. The number of nitrogen functional groups attached to an aromatic ring is 1. The van der Waals surface area contributed by atoms with Gasteiger partial charge in [-0.1, -0.05) is 12.1 Å². The lowest BCUT2D eigenvalue weighted by molar-refractivity contribution is -0.130. The molecule has 6 rings (SSSR count). The van der Waals surface area contributed by atoms with Gasteiger partial charge in [0.05, 0.1) is 29.7 Å². The van der Waals surface area contributed by atoms with Crippen molar-refractivity contribution in [2.75, 3.05) is 25.4 Å². The number of ether oxygens (including phenoxy) is 2. The first-order valence-corrected chi connectivity index (χ1v) is 14.6. The van der Waals surface area contributed by atoms with Gasteiger partial charge < -0.3 is 30.8 Å². The number of alkyl halides is 2. The second-order valence-electron chi connectivity index (χ2n) is 11.1. The number of aryl methyl sites for hydroxylation is 1. The van der Waals surface area contributed by atoms with Crippen LogP contribution in [0.25, 0.3) is 16.6 Å². The third-order valence-electron chi connectivity index (χ3n) is 8.19. The summed E-state index contributed by atoms with van der Waals surface area (Å²) in [5.41, 5.74) is 14.7. The number of rotatable bonds is 9. The Labute approximate surface area is 261 Å². The number of aromatic nitrogens is 3.